The van der Waals surface area contributed by atoms with Gasteiger partial charge in [0.2, 0.25) is 0 Å². The minimum atomic E-state index is 0.924. The molecule has 1 aromatic rings. The highest BCUT2D eigenvalue weighted by Gasteiger charge is 2.14. The fourth-order valence-corrected chi connectivity index (χ4v) is 3.18. The molecule has 0 unspecified atom stereocenters. The number of nitrogens with one attached hydrogen (secondary N) is 1. The third-order valence-electron chi connectivity index (χ3n) is 4.01. The van der Waals surface area contributed by atoms with Gasteiger partial charge in [-0.05, 0) is 56.0 Å². The number of rotatable bonds is 5. The SMILES string of the molecule is Cc1ccc(CNCCN2CCC(C)CC2)c(Br)c1. The van der Waals surface area contributed by atoms with Crippen LogP contribution in [0.25, 0.3) is 0 Å². The van der Waals surface area contributed by atoms with Crippen molar-refractivity contribution in [1.82, 2.24) is 10.2 Å². The van der Waals surface area contributed by atoms with Crippen LogP contribution in [-0.2, 0) is 6.54 Å². The summed E-state index contributed by atoms with van der Waals surface area (Å²) in [6.45, 7) is 10.2. The third kappa shape index (κ3) is 4.90. The third-order valence-corrected chi connectivity index (χ3v) is 4.74. The molecule has 106 valence electrons. The van der Waals surface area contributed by atoms with Gasteiger partial charge in [0.05, 0.1) is 0 Å². The maximum Gasteiger partial charge on any atom is 0.0222 e. The van der Waals surface area contributed by atoms with Crippen molar-refractivity contribution in [2.75, 3.05) is 26.2 Å². The van der Waals surface area contributed by atoms with Crippen molar-refractivity contribution >= 4 is 15.9 Å². The second-order valence-electron chi connectivity index (χ2n) is 5.80. The van der Waals surface area contributed by atoms with Gasteiger partial charge in [-0.2, -0.15) is 0 Å². The van der Waals surface area contributed by atoms with Gasteiger partial charge in [0, 0.05) is 24.1 Å². The molecule has 1 aliphatic heterocycles. The van der Waals surface area contributed by atoms with Crippen molar-refractivity contribution < 1.29 is 0 Å². The zero-order valence-corrected chi connectivity index (χ0v) is 13.7. The van der Waals surface area contributed by atoms with Crippen LogP contribution in [-0.4, -0.2) is 31.1 Å². The van der Waals surface area contributed by atoms with Crippen molar-refractivity contribution in [1.29, 1.82) is 0 Å². The standard InChI is InChI=1S/C16H25BrN2/c1-13-5-8-19(9-6-13)10-7-18-12-15-4-3-14(2)11-16(15)17/h3-4,11,13,18H,5-10,12H2,1-2H3. The molecule has 1 heterocycles. The van der Waals surface area contributed by atoms with Crippen LogP contribution < -0.4 is 5.32 Å². The molecule has 0 radical (unpaired) electrons. The Morgan fingerprint density at radius 3 is 2.74 bits per heavy atom. The Bertz CT molecular complexity index is 398. The lowest BCUT2D eigenvalue weighted by Gasteiger charge is -2.30. The Labute approximate surface area is 125 Å². The van der Waals surface area contributed by atoms with Gasteiger partial charge in [-0.25, -0.2) is 0 Å². The molecule has 3 heteroatoms. The molecule has 0 atom stereocenters. The number of benzene rings is 1. The van der Waals surface area contributed by atoms with Gasteiger partial charge in [-0.1, -0.05) is 35.0 Å². The maximum atomic E-state index is 3.63. The van der Waals surface area contributed by atoms with Crippen LogP contribution in [0.2, 0.25) is 0 Å². The Hall–Kier alpha value is -0.380. The quantitative estimate of drug-likeness (QED) is 0.833. The zero-order chi connectivity index (χ0) is 13.7. The number of aryl methyl sites for hydroxylation is 1. The highest BCUT2D eigenvalue weighted by molar-refractivity contribution is 9.10. The van der Waals surface area contributed by atoms with Crippen LogP contribution in [0.1, 0.15) is 30.9 Å². The molecule has 1 fully saturated rings. The number of hydrogen-bond acceptors (Lipinski definition) is 2. The molecule has 0 aliphatic carbocycles. The topological polar surface area (TPSA) is 15.3 Å². The molecule has 19 heavy (non-hydrogen) atoms. The van der Waals surface area contributed by atoms with E-state index in [1.165, 1.54) is 48.1 Å². The van der Waals surface area contributed by atoms with Crippen LogP contribution in [0.4, 0.5) is 0 Å². The average Bonchev–Trinajstić information content (AvgIpc) is 2.39. The molecule has 1 aliphatic rings. The molecule has 1 N–H and O–H groups in total. The van der Waals surface area contributed by atoms with E-state index in [0.29, 0.717) is 0 Å². The highest BCUT2D eigenvalue weighted by Crippen LogP contribution is 2.18. The summed E-state index contributed by atoms with van der Waals surface area (Å²) in [5, 5.41) is 3.55. The lowest BCUT2D eigenvalue weighted by Crippen LogP contribution is -2.37. The second-order valence-corrected chi connectivity index (χ2v) is 6.65. The van der Waals surface area contributed by atoms with E-state index in [1.54, 1.807) is 0 Å². The first-order valence-corrected chi connectivity index (χ1v) is 8.12. The van der Waals surface area contributed by atoms with E-state index in [1.807, 2.05) is 0 Å². The van der Waals surface area contributed by atoms with Crippen molar-refractivity contribution in [3.63, 3.8) is 0 Å². The van der Waals surface area contributed by atoms with E-state index in [-0.39, 0.29) is 0 Å². The molecule has 0 aromatic heterocycles. The van der Waals surface area contributed by atoms with Crippen molar-refractivity contribution in [2.45, 2.75) is 33.2 Å². The van der Waals surface area contributed by atoms with Crippen LogP contribution in [0.15, 0.2) is 22.7 Å². The lowest BCUT2D eigenvalue weighted by atomic mass is 9.99. The molecule has 0 amide bonds. The summed E-state index contributed by atoms with van der Waals surface area (Å²) < 4.78 is 1.21. The van der Waals surface area contributed by atoms with E-state index < -0.39 is 0 Å². The number of halogens is 1. The summed E-state index contributed by atoms with van der Waals surface area (Å²) in [7, 11) is 0. The fourth-order valence-electron chi connectivity index (χ4n) is 2.54. The van der Waals surface area contributed by atoms with E-state index in [4.69, 9.17) is 0 Å². The second kappa shape index (κ2) is 7.41. The van der Waals surface area contributed by atoms with E-state index >= 15 is 0 Å². The van der Waals surface area contributed by atoms with E-state index in [0.717, 1.165) is 19.0 Å². The normalized spacial score (nSPS) is 17.8. The minimum Gasteiger partial charge on any atom is -0.311 e. The maximum absolute atomic E-state index is 3.63. The summed E-state index contributed by atoms with van der Waals surface area (Å²) in [5.41, 5.74) is 2.65. The minimum absolute atomic E-state index is 0.924. The van der Waals surface area contributed by atoms with Crippen LogP contribution in [0.3, 0.4) is 0 Å². The van der Waals surface area contributed by atoms with Gasteiger partial charge in [0.25, 0.3) is 0 Å². The Morgan fingerprint density at radius 2 is 2.05 bits per heavy atom. The highest BCUT2D eigenvalue weighted by atomic mass is 79.9. The number of hydrogen-bond donors (Lipinski definition) is 1. The first-order chi connectivity index (χ1) is 9.15. The molecule has 0 bridgehead atoms. The Balaban J connectivity index is 1.66. The molecule has 2 rings (SSSR count). The van der Waals surface area contributed by atoms with E-state index in [9.17, 15) is 0 Å². The smallest absolute Gasteiger partial charge is 0.0222 e. The first-order valence-electron chi connectivity index (χ1n) is 7.33. The molecule has 2 nitrogen and oxygen atoms in total. The molecule has 0 spiro atoms. The zero-order valence-electron chi connectivity index (χ0n) is 12.1. The van der Waals surface area contributed by atoms with Crippen LogP contribution in [0, 0.1) is 12.8 Å². The fraction of sp³-hybridized carbons (Fsp3) is 0.625. The predicted octanol–water partition coefficient (Wildman–Crippen LogP) is 3.58. The monoisotopic (exact) mass is 324 g/mol. The van der Waals surface area contributed by atoms with Crippen molar-refractivity contribution in [3.05, 3.63) is 33.8 Å². The Morgan fingerprint density at radius 1 is 1.32 bits per heavy atom. The number of nitrogens with zero attached hydrogens (tertiary/aromatic N) is 1. The summed E-state index contributed by atoms with van der Waals surface area (Å²) in [6, 6.07) is 6.56. The molecule has 1 saturated heterocycles. The largest absolute Gasteiger partial charge is 0.311 e. The van der Waals surface area contributed by atoms with Crippen molar-refractivity contribution in [2.24, 2.45) is 5.92 Å². The Kier molecular flexibility index (Phi) is 5.86. The van der Waals surface area contributed by atoms with Crippen LogP contribution in [0.5, 0.6) is 0 Å². The van der Waals surface area contributed by atoms with E-state index in [2.05, 4.69) is 58.2 Å². The van der Waals surface area contributed by atoms with Gasteiger partial charge in [-0.3, -0.25) is 0 Å². The van der Waals surface area contributed by atoms with Gasteiger partial charge >= 0.3 is 0 Å². The summed E-state index contributed by atoms with van der Waals surface area (Å²) in [5.74, 6) is 0.924. The van der Waals surface area contributed by atoms with Crippen LogP contribution >= 0.6 is 15.9 Å². The van der Waals surface area contributed by atoms with Gasteiger partial charge < -0.3 is 10.2 Å². The summed E-state index contributed by atoms with van der Waals surface area (Å²) >= 11 is 3.63. The summed E-state index contributed by atoms with van der Waals surface area (Å²) in [4.78, 5) is 2.58. The van der Waals surface area contributed by atoms with Gasteiger partial charge in [0.15, 0.2) is 0 Å². The average molecular weight is 325 g/mol. The van der Waals surface area contributed by atoms with Gasteiger partial charge in [0.1, 0.15) is 0 Å². The van der Waals surface area contributed by atoms with Crippen molar-refractivity contribution in [3.8, 4) is 0 Å². The molecular formula is C16H25BrN2. The number of piperidine rings is 1. The number of likely N-dealkylation sites (tertiary alicyclic amines) is 1. The molecular weight excluding hydrogens is 300 g/mol. The summed E-state index contributed by atoms with van der Waals surface area (Å²) in [6.07, 6.45) is 2.73. The molecule has 1 aromatic carbocycles. The molecule has 0 saturated carbocycles. The van der Waals surface area contributed by atoms with Gasteiger partial charge in [-0.15, -0.1) is 0 Å². The lowest BCUT2D eigenvalue weighted by molar-refractivity contribution is 0.193. The predicted molar refractivity (Wildman–Crippen MR) is 85.4 cm³/mol. The first kappa shape index (κ1) is 15.0.